The maximum atomic E-state index is 12.7. The maximum absolute atomic E-state index is 12.7. The number of carbonyl (C=O) groups is 1. The lowest BCUT2D eigenvalue weighted by atomic mass is 10.0. The molecule has 5 heteroatoms. The van der Waals surface area contributed by atoms with Gasteiger partial charge in [0, 0.05) is 19.0 Å². The van der Waals surface area contributed by atoms with Gasteiger partial charge in [-0.25, -0.2) is 0 Å². The fourth-order valence-electron chi connectivity index (χ4n) is 2.87. The zero-order valence-corrected chi connectivity index (χ0v) is 13.9. The van der Waals surface area contributed by atoms with Gasteiger partial charge in [-0.1, -0.05) is 12.1 Å². The molecule has 0 bridgehead atoms. The lowest BCUT2D eigenvalue weighted by molar-refractivity contribution is -0.126. The molecule has 0 spiro atoms. The molecule has 3 rings (SSSR count). The van der Waals surface area contributed by atoms with Gasteiger partial charge in [0.25, 0.3) is 5.91 Å². The van der Waals surface area contributed by atoms with E-state index in [0.717, 1.165) is 11.3 Å². The highest BCUT2D eigenvalue weighted by atomic mass is 16.5. The average molecular weight is 327 g/mol. The van der Waals surface area contributed by atoms with Gasteiger partial charge in [0.05, 0.1) is 12.3 Å². The highest BCUT2D eigenvalue weighted by molar-refractivity contribution is 6.00. The Morgan fingerprint density at radius 3 is 2.58 bits per heavy atom. The van der Waals surface area contributed by atoms with Gasteiger partial charge >= 0.3 is 0 Å². The van der Waals surface area contributed by atoms with E-state index in [9.17, 15) is 9.90 Å². The van der Waals surface area contributed by atoms with Crippen LogP contribution in [-0.4, -0.2) is 30.3 Å². The molecular formula is C19H21NO4. The minimum Gasteiger partial charge on any atom is -0.508 e. The second-order valence-electron chi connectivity index (χ2n) is 5.62. The van der Waals surface area contributed by atoms with Gasteiger partial charge in [0.2, 0.25) is 0 Å². The molecule has 0 fully saturated rings. The predicted molar refractivity (Wildman–Crippen MR) is 91.9 cm³/mol. The van der Waals surface area contributed by atoms with E-state index in [0.29, 0.717) is 31.0 Å². The first-order chi connectivity index (χ1) is 11.6. The van der Waals surface area contributed by atoms with E-state index >= 15 is 0 Å². The standard InChI is InChI=1S/C19H21NO4/c1-3-20-16-10-7-14(21)12-17(16)24-18(19(20)22)11-13-5-8-15(9-6-13)23-4-2/h5-10,12,18,21H,3-4,11H2,1-2H3. The fraction of sp³-hybridized carbons (Fsp3) is 0.316. The topological polar surface area (TPSA) is 59.0 Å². The Bertz CT molecular complexity index is 727. The summed E-state index contributed by atoms with van der Waals surface area (Å²) in [6.45, 7) is 5.04. The highest BCUT2D eigenvalue weighted by Crippen LogP contribution is 2.37. The molecule has 24 heavy (non-hydrogen) atoms. The number of likely N-dealkylation sites (N-methyl/N-ethyl adjacent to an activating group) is 1. The molecule has 2 aromatic rings. The first-order valence-corrected chi connectivity index (χ1v) is 8.15. The number of hydrogen-bond acceptors (Lipinski definition) is 4. The summed E-state index contributed by atoms with van der Waals surface area (Å²) in [5.74, 6) is 1.40. The molecule has 0 saturated heterocycles. The van der Waals surface area contributed by atoms with E-state index in [1.165, 1.54) is 0 Å². The molecule has 0 saturated carbocycles. The molecule has 1 amide bonds. The summed E-state index contributed by atoms with van der Waals surface area (Å²) in [5, 5.41) is 9.67. The first kappa shape index (κ1) is 16.2. The number of phenolic OH excluding ortho intramolecular Hbond substituents is 1. The van der Waals surface area contributed by atoms with Crippen molar-refractivity contribution in [2.75, 3.05) is 18.1 Å². The third kappa shape index (κ3) is 3.15. The lowest BCUT2D eigenvalue weighted by Gasteiger charge is -2.33. The minimum atomic E-state index is -0.600. The van der Waals surface area contributed by atoms with Gasteiger partial charge in [-0.15, -0.1) is 0 Å². The van der Waals surface area contributed by atoms with Crippen LogP contribution in [0.4, 0.5) is 5.69 Å². The SMILES string of the molecule is CCOc1ccc(CC2Oc3cc(O)ccc3N(CC)C2=O)cc1. The van der Waals surface area contributed by atoms with E-state index in [1.807, 2.05) is 38.1 Å². The third-order valence-corrected chi connectivity index (χ3v) is 4.02. The van der Waals surface area contributed by atoms with Crippen LogP contribution in [0.2, 0.25) is 0 Å². The third-order valence-electron chi connectivity index (χ3n) is 4.02. The first-order valence-electron chi connectivity index (χ1n) is 8.15. The molecule has 2 aromatic carbocycles. The number of phenols is 1. The average Bonchev–Trinajstić information content (AvgIpc) is 2.58. The van der Waals surface area contributed by atoms with Crippen LogP contribution in [-0.2, 0) is 11.2 Å². The smallest absolute Gasteiger partial charge is 0.268 e. The van der Waals surface area contributed by atoms with Crippen molar-refractivity contribution in [1.29, 1.82) is 0 Å². The van der Waals surface area contributed by atoms with Gasteiger partial charge in [-0.2, -0.15) is 0 Å². The van der Waals surface area contributed by atoms with Crippen LogP contribution in [0.25, 0.3) is 0 Å². The van der Waals surface area contributed by atoms with E-state index in [1.54, 1.807) is 23.1 Å². The lowest BCUT2D eigenvalue weighted by Crippen LogP contribution is -2.46. The number of anilines is 1. The summed E-state index contributed by atoms with van der Waals surface area (Å²) in [6, 6.07) is 12.5. The van der Waals surface area contributed by atoms with Crippen molar-refractivity contribution in [2.24, 2.45) is 0 Å². The van der Waals surface area contributed by atoms with Crippen molar-refractivity contribution in [3.05, 3.63) is 48.0 Å². The Hall–Kier alpha value is -2.69. The summed E-state index contributed by atoms with van der Waals surface area (Å²) in [6.07, 6.45) is -0.131. The molecule has 0 radical (unpaired) electrons. The Morgan fingerprint density at radius 1 is 1.17 bits per heavy atom. The number of amides is 1. The van der Waals surface area contributed by atoms with Crippen LogP contribution in [0.5, 0.6) is 17.2 Å². The van der Waals surface area contributed by atoms with Gasteiger partial charge in [-0.05, 0) is 43.7 Å². The predicted octanol–water partition coefficient (Wildman–Crippen LogP) is 3.15. The Morgan fingerprint density at radius 2 is 1.92 bits per heavy atom. The van der Waals surface area contributed by atoms with Crippen molar-refractivity contribution in [3.63, 3.8) is 0 Å². The molecular weight excluding hydrogens is 306 g/mol. The molecule has 1 aliphatic rings. The maximum Gasteiger partial charge on any atom is 0.268 e. The van der Waals surface area contributed by atoms with E-state index in [-0.39, 0.29) is 11.7 Å². The van der Waals surface area contributed by atoms with E-state index in [4.69, 9.17) is 9.47 Å². The zero-order chi connectivity index (χ0) is 17.1. The summed E-state index contributed by atoms with van der Waals surface area (Å²) in [4.78, 5) is 14.4. The van der Waals surface area contributed by atoms with Crippen molar-refractivity contribution < 1.29 is 19.4 Å². The fourth-order valence-corrected chi connectivity index (χ4v) is 2.87. The number of carbonyl (C=O) groups excluding carboxylic acids is 1. The molecule has 1 heterocycles. The quantitative estimate of drug-likeness (QED) is 0.916. The summed E-state index contributed by atoms with van der Waals surface area (Å²) < 4.78 is 11.3. The molecule has 5 nitrogen and oxygen atoms in total. The summed E-state index contributed by atoms with van der Waals surface area (Å²) in [5.41, 5.74) is 1.69. The Labute approximate surface area is 141 Å². The van der Waals surface area contributed by atoms with Gasteiger partial charge in [-0.3, -0.25) is 4.79 Å². The highest BCUT2D eigenvalue weighted by Gasteiger charge is 2.33. The second kappa shape index (κ2) is 6.83. The summed E-state index contributed by atoms with van der Waals surface area (Å²) >= 11 is 0. The second-order valence-corrected chi connectivity index (χ2v) is 5.62. The Balaban J connectivity index is 1.82. The number of benzene rings is 2. The van der Waals surface area contributed by atoms with Crippen LogP contribution in [0, 0.1) is 0 Å². The summed E-state index contributed by atoms with van der Waals surface area (Å²) in [7, 11) is 0. The van der Waals surface area contributed by atoms with Gasteiger partial charge in [0.15, 0.2) is 6.10 Å². The molecule has 1 unspecified atom stereocenters. The van der Waals surface area contributed by atoms with E-state index < -0.39 is 6.10 Å². The molecule has 1 N–H and O–H groups in total. The largest absolute Gasteiger partial charge is 0.508 e. The minimum absolute atomic E-state index is 0.0652. The van der Waals surface area contributed by atoms with Crippen molar-refractivity contribution in [3.8, 4) is 17.2 Å². The van der Waals surface area contributed by atoms with E-state index in [2.05, 4.69) is 0 Å². The number of nitrogens with zero attached hydrogens (tertiary/aromatic N) is 1. The number of aromatic hydroxyl groups is 1. The molecule has 0 aromatic heterocycles. The number of rotatable bonds is 5. The van der Waals surface area contributed by atoms with Crippen molar-refractivity contribution in [1.82, 2.24) is 0 Å². The van der Waals surface area contributed by atoms with Crippen LogP contribution in [0.1, 0.15) is 19.4 Å². The molecule has 0 aliphatic carbocycles. The molecule has 126 valence electrons. The Kier molecular flexibility index (Phi) is 4.60. The zero-order valence-electron chi connectivity index (χ0n) is 13.9. The van der Waals surface area contributed by atoms with Crippen LogP contribution in [0.3, 0.4) is 0 Å². The normalized spacial score (nSPS) is 16.5. The van der Waals surface area contributed by atoms with Crippen LogP contribution >= 0.6 is 0 Å². The monoisotopic (exact) mass is 327 g/mol. The van der Waals surface area contributed by atoms with Crippen LogP contribution < -0.4 is 14.4 Å². The number of hydrogen-bond donors (Lipinski definition) is 1. The van der Waals surface area contributed by atoms with Crippen LogP contribution in [0.15, 0.2) is 42.5 Å². The van der Waals surface area contributed by atoms with Gasteiger partial charge < -0.3 is 19.5 Å². The van der Waals surface area contributed by atoms with Crippen molar-refractivity contribution in [2.45, 2.75) is 26.4 Å². The van der Waals surface area contributed by atoms with Crippen molar-refractivity contribution >= 4 is 11.6 Å². The number of fused-ring (bicyclic) bond motifs is 1. The van der Waals surface area contributed by atoms with Gasteiger partial charge in [0.1, 0.15) is 17.2 Å². The molecule has 1 aliphatic heterocycles. The molecule has 1 atom stereocenters. The number of ether oxygens (including phenoxy) is 2.